The molecule has 0 radical (unpaired) electrons. The number of aryl methyl sites for hydroxylation is 1. The molecule has 3 rings (SSSR count). The SMILES string of the molecule is CC(C)C(=O)Oc1cc(-c2nc3ccccc3n(C)c2=O)cc([N+](=O)[O-])c1OC(=O)C(C)C. The molecule has 1 heterocycles. The van der Waals surface area contributed by atoms with Crippen molar-refractivity contribution in [1.29, 1.82) is 0 Å². The molecule has 10 nitrogen and oxygen atoms in total. The first-order chi connectivity index (χ1) is 15.5. The average Bonchev–Trinajstić information content (AvgIpc) is 2.76. The number of nitrogens with zero attached hydrogens (tertiary/aromatic N) is 3. The van der Waals surface area contributed by atoms with Gasteiger partial charge in [0.05, 0.1) is 27.8 Å². The van der Waals surface area contributed by atoms with Gasteiger partial charge >= 0.3 is 17.6 Å². The van der Waals surface area contributed by atoms with Gasteiger partial charge in [-0.3, -0.25) is 24.5 Å². The van der Waals surface area contributed by atoms with Gasteiger partial charge in [-0.05, 0) is 18.2 Å². The Labute approximate surface area is 188 Å². The maximum Gasteiger partial charge on any atom is 0.316 e. The molecule has 33 heavy (non-hydrogen) atoms. The van der Waals surface area contributed by atoms with Crippen LogP contribution in [0.15, 0.2) is 41.2 Å². The Morgan fingerprint density at radius 2 is 1.64 bits per heavy atom. The third-order valence-corrected chi connectivity index (χ3v) is 4.84. The second-order valence-electron chi connectivity index (χ2n) is 8.04. The fraction of sp³-hybridized carbons (Fsp3) is 0.304. The number of carbonyl (C=O) groups is 2. The van der Waals surface area contributed by atoms with Gasteiger partial charge in [-0.15, -0.1) is 0 Å². The van der Waals surface area contributed by atoms with Crippen molar-refractivity contribution >= 4 is 28.7 Å². The number of para-hydroxylation sites is 2. The summed E-state index contributed by atoms with van der Waals surface area (Å²) in [7, 11) is 1.56. The van der Waals surface area contributed by atoms with E-state index in [4.69, 9.17) is 9.47 Å². The van der Waals surface area contributed by atoms with E-state index in [9.17, 15) is 24.5 Å². The van der Waals surface area contributed by atoms with E-state index >= 15 is 0 Å². The highest BCUT2D eigenvalue weighted by molar-refractivity contribution is 5.83. The molecule has 0 aliphatic heterocycles. The summed E-state index contributed by atoms with van der Waals surface area (Å²) in [6.07, 6.45) is 0. The zero-order valence-electron chi connectivity index (χ0n) is 18.8. The third kappa shape index (κ3) is 4.74. The molecule has 2 aromatic carbocycles. The Morgan fingerprint density at radius 3 is 2.24 bits per heavy atom. The number of nitro benzene ring substituents is 1. The summed E-state index contributed by atoms with van der Waals surface area (Å²) in [5.74, 6) is -3.44. The molecule has 1 aromatic heterocycles. The van der Waals surface area contributed by atoms with E-state index < -0.39 is 45.7 Å². The number of rotatable bonds is 6. The summed E-state index contributed by atoms with van der Waals surface area (Å²) in [4.78, 5) is 53.0. The number of carbonyl (C=O) groups excluding carboxylic acids is 2. The molecule has 3 aromatic rings. The molecule has 0 aliphatic rings. The summed E-state index contributed by atoms with van der Waals surface area (Å²) >= 11 is 0. The van der Waals surface area contributed by atoms with Crippen LogP contribution in [0.25, 0.3) is 22.3 Å². The monoisotopic (exact) mass is 453 g/mol. The van der Waals surface area contributed by atoms with Crippen LogP contribution in [0, 0.1) is 22.0 Å². The number of hydrogen-bond donors (Lipinski definition) is 0. The highest BCUT2D eigenvalue weighted by atomic mass is 16.6. The van der Waals surface area contributed by atoms with Crippen molar-refractivity contribution in [2.24, 2.45) is 18.9 Å². The molecule has 10 heteroatoms. The highest BCUT2D eigenvalue weighted by Gasteiger charge is 2.29. The molecule has 0 atom stereocenters. The zero-order valence-corrected chi connectivity index (χ0v) is 18.8. The van der Waals surface area contributed by atoms with Crippen molar-refractivity contribution in [3.05, 3.63) is 56.9 Å². The summed E-state index contributed by atoms with van der Waals surface area (Å²) < 4.78 is 11.9. The Hall–Kier alpha value is -4.08. The van der Waals surface area contributed by atoms with Crippen LogP contribution in [0.5, 0.6) is 11.5 Å². The Bertz CT molecular complexity index is 1330. The van der Waals surface area contributed by atoms with E-state index in [2.05, 4.69) is 4.98 Å². The lowest BCUT2D eigenvalue weighted by Crippen LogP contribution is -2.21. The lowest BCUT2D eigenvalue weighted by molar-refractivity contribution is -0.385. The second-order valence-corrected chi connectivity index (χ2v) is 8.04. The fourth-order valence-corrected chi connectivity index (χ4v) is 2.95. The molecule has 0 fully saturated rings. The van der Waals surface area contributed by atoms with Crippen molar-refractivity contribution in [2.75, 3.05) is 0 Å². The minimum Gasteiger partial charge on any atom is -0.422 e. The van der Waals surface area contributed by atoms with Gasteiger partial charge in [0.1, 0.15) is 5.69 Å². The van der Waals surface area contributed by atoms with Crippen LogP contribution in [0.1, 0.15) is 27.7 Å². The number of aromatic nitrogens is 2. The summed E-state index contributed by atoms with van der Waals surface area (Å²) in [6.45, 7) is 6.29. The van der Waals surface area contributed by atoms with Crippen molar-refractivity contribution in [2.45, 2.75) is 27.7 Å². The van der Waals surface area contributed by atoms with E-state index in [-0.39, 0.29) is 17.0 Å². The topological polar surface area (TPSA) is 131 Å². The largest absolute Gasteiger partial charge is 0.422 e. The van der Waals surface area contributed by atoms with Crippen LogP contribution in [0.4, 0.5) is 5.69 Å². The lowest BCUT2D eigenvalue weighted by atomic mass is 10.1. The minimum absolute atomic E-state index is 0.0453. The van der Waals surface area contributed by atoms with E-state index in [1.807, 2.05) is 0 Å². The number of nitro groups is 1. The molecular weight excluding hydrogens is 430 g/mol. The van der Waals surface area contributed by atoms with Crippen molar-refractivity contribution < 1.29 is 24.0 Å². The first-order valence-electron chi connectivity index (χ1n) is 10.2. The third-order valence-electron chi connectivity index (χ3n) is 4.84. The fourth-order valence-electron chi connectivity index (χ4n) is 2.95. The van der Waals surface area contributed by atoms with E-state index in [0.29, 0.717) is 11.0 Å². The Morgan fingerprint density at radius 1 is 1.03 bits per heavy atom. The molecule has 0 spiro atoms. The summed E-state index contributed by atoms with van der Waals surface area (Å²) in [5, 5.41) is 11.9. The number of fused-ring (bicyclic) bond motifs is 1. The maximum absolute atomic E-state index is 13.0. The smallest absolute Gasteiger partial charge is 0.316 e. The quantitative estimate of drug-likeness (QED) is 0.239. The average molecular weight is 453 g/mol. The van der Waals surface area contributed by atoms with Crippen LogP contribution in [0.3, 0.4) is 0 Å². The highest BCUT2D eigenvalue weighted by Crippen LogP contribution is 2.41. The second kappa shape index (κ2) is 9.19. The van der Waals surface area contributed by atoms with E-state index in [0.717, 1.165) is 6.07 Å². The van der Waals surface area contributed by atoms with Gasteiger partial charge in [0.25, 0.3) is 11.3 Å². The zero-order chi connectivity index (χ0) is 24.4. The molecule has 0 saturated carbocycles. The van der Waals surface area contributed by atoms with Gasteiger partial charge in [-0.2, -0.15) is 0 Å². The first kappa shape index (κ1) is 23.6. The van der Waals surface area contributed by atoms with Gasteiger partial charge in [0, 0.05) is 18.7 Å². The van der Waals surface area contributed by atoms with Crippen molar-refractivity contribution in [3.8, 4) is 22.8 Å². The normalized spacial score (nSPS) is 11.1. The van der Waals surface area contributed by atoms with Crippen LogP contribution >= 0.6 is 0 Å². The molecule has 0 aliphatic carbocycles. The van der Waals surface area contributed by atoms with Crippen LogP contribution in [0.2, 0.25) is 0 Å². The maximum atomic E-state index is 13.0. The molecule has 0 saturated heterocycles. The van der Waals surface area contributed by atoms with Crippen molar-refractivity contribution in [3.63, 3.8) is 0 Å². The summed E-state index contributed by atoms with van der Waals surface area (Å²) in [6, 6.07) is 9.25. The van der Waals surface area contributed by atoms with E-state index in [1.165, 1.54) is 10.6 Å². The number of benzene rings is 2. The lowest BCUT2D eigenvalue weighted by Gasteiger charge is -2.15. The predicted octanol–water partition coefficient (Wildman–Crippen LogP) is 3.63. The molecular formula is C23H23N3O7. The molecule has 0 bridgehead atoms. The minimum atomic E-state index is -0.773. The van der Waals surface area contributed by atoms with Crippen LogP contribution in [-0.2, 0) is 16.6 Å². The van der Waals surface area contributed by atoms with E-state index in [1.54, 1.807) is 59.0 Å². The van der Waals surface area contributed by atoms with Gasteiger partial charge in [-0.25, -0.2) is 4.98 Å². The van der Waals surface area contributed by atoms with Crippen LogP contribution < -0.4 is 15.0 Å². The van der Waals surface area contributed by atoms with Crippen molar-refractivity contribution in [1.82, 2.24) is 9.55 Å². The Kier molecular flexibility index (Phi) is 6.57. The summed E-state index contributed by atoms with van der Waals surface area (Å²) in [5.41, 5.74) is -0.101. The number of esters is 2. The molecule has 0 N–H and O–H groups in total. The van der Waals surface area contributed by atoms with Gasteiger partial charge < -0.3 is 14.0 Å². The predicted molar refractivity (Wildman–Crippen MR) is 120 cm³/mol. The number of hydrogen-bond acceptors (Lipinski definition) is 8. The van der Waals surface area contributed by atoms with Crippen LogP contribution in [-0.4, -0.2) is 26.4 Å². The van der Waals surface area contributed by atoms with Gasteiger partial charge in [0.2, 0.25) is 0 Å². The molecule has 0 unspecified atom stereocenters. The van der Waals surface area contributed by atoms with Gasteiger partial charge in [-0.1, -0.05) is 39.8 Å². The van der Waals surface area contributed by atoms with Gasteiger partial charge in [0.15, 0.2) is 5.75 Å². The standard InChI is InChI=1S/C23H23N3O7/c1-12(2)22(28)32-18-11-14(10-17(26(30)31)20(18)33-23(29)13(3)4)19-21(27)25(5)16-9-7-6-8-15(16)24-19/h6-13H,1-5H3. The number of ether oxygens (including phenoxy) is 2. The Balaban J connectivity index is 2.31. The first-order valence-corrected chi connectivity index (χ1v) is 10.2. The molecule has 172 valence electrons. The molecule has 0 amide bonds.